The van der Waals surface area contributed by atoms with Gasteiger partial charge in [-0.05, 0) is 0 Å². The SMILES string of the molecule is CCC(C)(CC(C)(C)[PH](CO)(CO)CO)[PH](CO)(CO)CO. The van der Waals surface area contributed by atoms with Crippen molar-refractivity contribution >= 4 is 14.5 Å². The first-order valence-electron chi connectivity index (χ1n) is 7.79. The van der Waals surface area contributed by atoms with Crippen LogP contribution in [-0.2, 0) is 0 Å². The summed E-state index contributed by atoms with van der Waals surface area (Å²) in [5.74, 6) is 0. The topological polar surface area (TPSA) is 121 Å². The molecule has 0 aromatic heterocycles. The average Bonchev–Trinajstić information content (AvgIpc) is 2.51. The molecule has 1 unspecified atom stereocenters. The van der Waals surface area contributed by atoms with Crippen LogP contribution < -0.4 is 0 Å². The van der Waals surface area contributed by atoms with Gasteiger partial charge >= 0.3 is 134 Å². The third kappa shape index (κ3) is 3.81. The summed E-state index contributed by atoms with van der Waals surface area (Å²) in [5, 5.41) is 57.8. The average molecular weight is 362 g/mol. The van der Waals surface area contributed by atoms with Crippen LogP contribution in [0.2, 0.25) is 0 Å². The summed E-state index contributed by atoms with van der Waals surface area (Å²) in [6, 6.07) is 0. The molecule has 22 heavy (non-hydrogen) atoms. The molecule has 0 rings (SSSR count). The molecule has 0 radical (unpaired) electrons. The van der Waals surface area contributed by atoms with E-state index in [1.807, 2.05) is 27.7 Å². The molecular formula is C14H36O6P2. The molecule has 6 nitrogen and oxygen atoms in total. The van der Waals surface area contributed by atoms with Gasteiger partial charge in [-0.15, -0.1) is 0 Å². The Balaban J connectivity index is 5.79. The Kier molecular flexibility index (Phi) is 8.88. The van der Waals surface area contributed by atoms with Crippen LogP contribution in [0.4, 0.5) is 0 Å². The third-order valence-electron chi connectivity index (χ3n) is 6.14. The molecule has 6 N–H and O–H groups in total. The summed E-state index contributed by atoms with van der Waals surface area (Å²) in [4.78, 5) is 0. The van der Waals surface area contributed by atoms with Crippen molar-refractivity contribution in [1.29, 1.82) is 0 Å². The number of aliphatic hydroxyl groups is 6. The minimum atomic E-state index is -2.75. The van der Waals surface area contributed by atoms with Gasteiger partial charge in [-0.2, -0.15) is 0 Å². The van der Waals surface area contributed by atoms with Gasteiger partial charge in [-0.25, -0.2) is 0 Å². The second kappa shape index (κ2) is 8.64. The predicted octanol–water partition coefficient (Wildman–Crippen LogP) is 0.522. The molecule has 0 saturated heterocycles. The molecule has 0 aliphatic rings. The molecule has 0 aromatic carbocycles. The second-order valence-corrected chi connectivity index (χ2v) is 17.1. The van der Waals surface area contributed by atoms with Gasteiger partial charge in [-0.1, -0.05) is 0 Å². The first-order valence-corrected chi connectivity index (χ1v) is 13.0. The van der Waals surface area contributed by atoms with Crippen LogP contribution in [0, 0.1) is 0 Å². The van der Waals surface area contributed by atoms with Gasteiger partial charge in [0.05, 0.1) is 0 Å². The molecule has 0 aromatic rings. The van der Waals surface area contributed by atoms with Crippen molar-refractivity contribution in [2.45, 2.75) is 50.8 Å². The summed E-state index contributed by atoms with van der Waals surface area (Å²) in [6.07, 6.45) is -0.128. The first kappa shape index (κ1) is 22.6. The minimum absolute atomic E-state index is 0.216. The van der Waals surface area contributed by atoms with Gasteiger partial charge in [0.1, 0.15) is 0 Å². The number of aliphatic hydroxyl groups excluding tert-OH is 6. The fourth-order valence-electron chi connectivity index (χ4n) is 3.37. The van der Waals surface area contributed by atoms with E-state index in [4.69, 9.17) is 0 Å². The zero-order valence-corrected chi connectivity index (χ0v) is 16.3. The molecule has 138 valence electrons. The van der Waals surface area contributed by atoms with Gasteiger partial charge in [-0.3, -0.25) is 0 Å². The quantitative estimate of drug-likeness (QED) is 0.298. The molecule has 0 aliphatic heterocycles. The Morgan fingerprint density at radius 1 is 0.636 bits per heavy atom. The van der Waals surface area contributed by atoms with Crippen LogP contribution in [0.25, 0.3) is 0 Å². The summed E-state index contributed by atoms with van der Waals surface area (Å²) >= 11 is 0. The number of hydrogen-bond acceptors (Lipinski definition) is 6. The Morgan fingerprint density at radius 2 is 0.955 bits per heavy atom. The van der Waals surface area contributed by atoms with Crippen molar-refractivity contribution in [3.63, 3.8) is 0 Å². The van der Waals surface area contributed by atoms with Crippen molar-refractivity contribution in [2.75, 3.05) is 38.1 Å². The van der Waals surface area contributed by atoms with Crippen molar-refractivity contribution < 1.29 is 30.6 Å². The summed E-state index contributed by atoms with van der Waals surface area (Å²) < 4.78 is 0. The van der Waals surface area contributed by atoms with E-state index in [9.17, 15) is 30.6 Å². The van der Waals surface area contributed by atoms with E-state index in [-0.39, 0.29) is 38.1 Å². The molecule has 0 aliphatic carbocycles. The molecule has 0 fully saturated rings. The van der Waals surface area contributed by atoms with Crippen LogP contribution in [0.5, 0.6) is 0 Å². The van der Waals surface area contributed by atoms with Crippen LogP contribution in [0.15, 0.2) is 0 Å². The van der Waals surface area contributed by atoms with Crippen molar-refractivity contribution in [2.24, 2.45) is 0 Å². The van der Waals surface area contributed by atoms with Crippen molar-refractivity contribution in [3.05, 3.63) is 0 Å². The van der Waals surface area contributed by atoms with Gasteiger partial charge in [0, 0.05) is 0 Å². The molecule has 0 heterocycles. The predicted molar refractivity (Wildman–Crippen MR) is 96.5 cm³/mol. The van der Waals surface area contributed by atoms with Crippen molar-refractivity contribution in [3.8, 4) is 0 Å². The molecule has 0 spiro atoms. The maximum atomic E-state index is 9.82. The van der Waals surface area contributed by atoms with Crippen LogP contribution in [-0.4, -0.2) is 79.0 Å². The molecular weight excluding hydrogens is 326 g/mol. The molecule has 8 heteroatoms. The van der Waals surface area contributed by atoms with Gasteiger partial charge in [0.15, 0.2) is 0 Å². The Morgan fingerprint density at radius 3 is 1.18 bits per heavy atom. The van der Waals surface area contributed by atoms with E-state index >= 15 is 0 Å². The fourth-order valence-corrected chi connectivity index (χ4v) is 8.90. The van der Waals surface area contributed by atoms with E-state index in [0.717, 1.165) is 0 Å². The standard InChI is InChI=1S/C14H36O6P2/c1-5-14(4,22(10-18,11-19)12-20)6-13(2,3)21(7-15,8-16)9-17/h15-22H,5-12H2,1-4H3. The van der Waals surface area contributed by atoms with E-state index in [1.54, 1.807) is 0 Å². The van der Waals surface area contributed by atoms with Gasteiger partial charge in [0.25, 0.3) is 0 Å². The van der Waals surface area contributed by atoms with Gasteiger partial charge < -0.3 is 0 Å². The normalized spacial score (nSPS) is 18.1. The Hall–Kier alpha value is 0.620. The van der Waals surface area contributed by atoms with Crippen molar-refractivity contribution in [1.82, 2.24) is 0 Å². The monoisotopic (exact) mass is 362 g/mol. The summed E-state index contributed by atoms with van der Waals surface area (Å²) in [5.41, 5.74) is 0. The Labute approximate surface area is 134 Å². The summed E-state index contributed by atoms with van der Waals surface area (Å²) in [6.45, 7) is 7.75. The van der Waals surface area contributed by atoms with Gasteiger partial charge in [0.2, 0.25) is 0 Å². The zero-order chi connectivity index (χ0) is 17.7. The molecule has 0 amide bonds. The summed E-state index contributed by atoms with van der Waals surface area (Å²) in [7, 11) is -5.50. The molecule has 0 bridgehead atoms. The van der Waals surface area contributed by atoms with Crippen LogP contribution >= 0.6 is 14.5 Å². The van der Waals surface area contributed by atoms with E-state index in [1.165, 1.54) is 0 Å². The zero-order valence-electron chi connectivity index (χ0n) is 14.3. The maximum absolute atomic E-state index is 9.82. The molecule has 0 saturated carbocycles. The van der Waals surface area contributed by atoms with E-state index in [2.05, 4.69) is 0 Å². The van der Waals surface area contributed by atoms with E-state index in [0.29, 0.717) is 12.8 Å². The number of rotatable bonds is 11. The molecule has 1 atom stereocenters. The second-order valence-electron chi connectivity index (χ2n) is 7.48. The Bertz CT molecular complexity index is 315. The van der Waals surface area contributed by atoms with E-state index < -0.39 is 24.8 Å². The third-order valence-corrected chi connectivity index (χ3v) is 15.9. The fraction of sp³-hybridized carbons (Fsp3) is 1.00. The number of hydrogen-bond donors (Lipinski definition) is 6. The van der Waals surface area contributed by atoms with Crippen LogP contribution in [0.3, 0.4) is 0 Å². The first-order chi connectivity index (χ1) is 10.1. The van der Waals surface area contributed by atoms with Crippen LogP contribution in [0.1, 0.15) is 40.5 Å².